The molecule has 180 valence electrons. The van der Waals surface area contributed by atoms with Gasteiger partial charge in [0, 0.05) is 37.2 Å². The minimum Gasteiger partial charge on any atom is -0.381 e. The van der Waals surface area contributed by atoms with E-state index in [9.17, 15) is 18.0 Å². The summed E-state index contributed by atoms with van der Waals surface area (Å²) in [5.74, 6) is 0.177. The van der Waals surface area contributed by atoms with Crippen molar-refractivity contribution >= 4 is 16.8 Å². The number of nitrogens with one attached hydrogen (secondary N) is 2. The second kappa shape index (κ2) is 8.27. The number of benzene rings is 1. The Kier molecular flexibility index (Phi) is 5.68. The van der Waals surface area contributed by atoms with Crippen molar-refractivity contribution in [1.82, 2.24) is 20.4 Å². The summed E-state index contributed by atoms with van der Waals surface area (Å²) in [5.41, 5.74) is 0.292. The van der Waals surface area contributed by atoms with Crippen LogP contribution in [0.2, 0.25) is 0 Å². The predicted octanol–water partition coefficient (Wildman–Crippen LogP) is 4.39. The van der Waals surface area contributed by atoms with Crippen LogP contribution >= 0.6 is 0 Å². The van der Waals surface area contributed by atoms with Gasteiger partial charge in [0.25, 0.3) is 0 Å². The molecule has 1 saturated carbocycles. The van der Waals surface area contributed by atoms with E-state index in [0.29, 0.717) is 29.4 Å². The van der Waals surface area contributed by atoms with Crippen LogP contribution in [0.1, 0.15) is 62.8 Å². The van der Waals surface area contributed by atoms with Gasteiger partial charge in [-0.2, -0.15) is 18.3 Å². The molecule has 1 aliphatic carbocycles. The fourth-order valence-corrected chi connectivity index (χ4v) is 6.00. The quantitative estimate of drug-likeness (QED) is 0.704. The zero-order valence-corrected chi connectivity index (χ0v) is 19.1. The topological polar surface area (TPSA) is 70.2 Å². The number of ether oxygens (including phenoxy) is 1. The molecular formula is C24H31F3N4O2. The van der Waals surface area contributed by atoms with Crippen molar-refractivity contribution in [3.63, 3.8) is 0 Å². The Morgan fingerprint density at radius 1 is 1.21 bits per heavy atom. The first-order chi connectivity index (χ1) is 15.7. The molecule has 2 unspecified atom stereocenters. The Morgan fingerprint density at radius 2 is 1.97 bits per heavy atom. The van der Waals surface area contributed by atoms with Crippen LogP contribution < -0.4 is 5.32 Å². The summed E-state index contributed by atoms with van der Waals surface area (Å²) in [7, 11) is 0. The van der Waals surface area contributed by atoms with E-state index in [4.69, 9.17) is 4.74 Å². The first-order valence-electron chi connectivity index (χ1n) is 11.9. The molecule has 1 saturated heterocycles. The third-order valence-electron chi connectivity index (χ3n) is 7.91. The van der Waals surface area contributed by atoms with Crippen molar-refractivity contribution in [2.45, 2.75) is 77.3 Å². The van der Waals surface area contributed by atoms with Gasteiger partial charge in [0.05, 0.1) is 28.7 Å². The molecule has 2 N–H and O–H groups in total. The predicted molar refractivity (Wildman–Crippen MR) is 117 cm³/mol. The smallest absolute Gasteiger partial charge is 0.381 e. The van der Waals surface area contributed by atoms with Crippen molar-refractivity contribution in [3.8, 4) is 0 Å². The lowest BCUT2D eigenvalue weighted by molar-refractivity contribution is -0.146. The number of carbonyl (C=O) groups is 1. The summed E-state index contributed by atoms with van der Waals surface area (Å²) < 4.78 is 45.7. The van der Waals surface area contributed by atoms with Gasteiger partial charge in [0.2, 0.25) is 5.91 Å². The Labute approximate surface area is 191 Å². The molecule has 3 heterocycles. The Hall–Kier alpha value is -2.13. The average molecular weight is 465 g/mol. The molecule has 33 heavy (non-hydrogen) atoms. The SMILES string of the molecule is CC(C)C1(C(=O)N2Cc3cc(C(F)(F)F)cc4n[nH]c(c34)C2)CCC(NC2CCOCC2)C1. The van der Waals surface area contributed by atoms with E-state index in [1.165, 1.54) is 6.07 Å². The summed E-state index contributed by atoms with van der Waals surface area (Å²) in [6.07, 6.45) is -0.0132. The van der Waals surface area contributed by atoms with Crippen LogP contribution in [0.5, 0.6) is 0 Å². The molecule has 0 radical (unpaired) electrons. The maximum Gasteiger partial charge on any atom is 0.416 e. The molecule has 5 rings (SSSR count). The molecule has 0 bridgehead atoms. The maximum absolute atomic E-state index is 14.0. The van der Waals surface area contributed by atoms with Crippen LogP contribution in [0.4, 0.5) is 13.2 Å². The average Bonchev–Trinajstić information content (AvgIpc) is 3.39. The number of hydrogen-bond donors (Lipinski definition) is 2. The van der Waals surface area contributed by atoms with Gasteiger partial charge in [-0.15, -0.1) is 0 Å². The number of aromatic amines is 1. The molecule has 1 amide bonds. The number of halogens is 3. The van der Waals surface area contributed by atoms with Gasteiger partial charge < -0.3 is 15.0 Å². The molecule has 2 fully saturated rings. The van der Waals surface area contributed by atoms with E-state index in [2.05, 4.69) is 29.4 Å². The third-order valence-corrected chi connectivity index (χ3v) is 7.91. The van der Waals surface area contributed by atoms with Gasteiger partial charge in [-0.25, -0.2) is 0 Å². The summed E-state index contributed by atoms with van der Waals surface area (Å²) in [6, 6.07) is 2.94. The van der Waals surface area contributed by atoms with E-state index >= 15 is 0 Å². The molecular weight excluding hydrogens is 433 g/mol. The Morgan fingerprint density at radius 3 is 2.67 bits per heavy atom. The van der Waals surface area contributed by atoms with Crippen molar-refractivity contribution in [1.29, 1.82) is 0 Å². The van der Waals surface area contributed by atoms with Crippen LogP contribution in [0.3, 0.4) is 0 Å². The highest BCUT2D eigenvalue weighted by molar-refractivity contribution is 5.90. The van der Waals surface area contributed by atoms with Gasteiger partial charge >= 0.3 is 6.18 Å². The van der Waals surface area contributed by atoms with Crippen LogP contribution in [0, 0.1) is 11.3 Å². The maximum atomic E-state index is 14.0. The highest BCUT2D eigenvalue weighted by Crippen LogP contribution is 2.47. The summed E-state index contributed by atoms with van der Waals surface area (Å²) in [6.45, 7) is 6.24. The highest BCUT2D eigenvalue weighted by Gasteiger charge is 2.50. The number of H-pyrrole nitrogens is 1. The summed E-state index contributed by atoms with van der Waals surface area (Å²) >= 11 is 0. The van der Waals surface area contributed by atoms with Gasteiger partial charge in [-0.05, 0) is 55.7 Å². The molecule has 2 aromatic rings. The van der Waals surface area contributed by atoms with Crippen molar-refractivity contribution in [2.24, 2.45) is 11.3 Å². The van der Waals surface area contributed by atoms with E-state index in [-0.39, 0.29) is 24.4 Å². The van der Waals surface area contributed by atoms with Gasteiger partial charge in [-0.3, -0.25) is 9.89 Å². The molecule has 2 atom stereocenters. The standard InChI is InChI=1S/C24H31F3N4O2/c1-14(2)23(6-3-18(11-23)28-17-4-7-33-8-5-17)22(32)31-12-15-9-16(24(25,26)27)10-19-21(15)20(13-31)30-29-19/h9-10,14,17-18,28H,3-8,11-13H2,1-2H3,(H,29,30). The molecule has 0 spiro atoms. The van der Waals surface area contributed by atoms with E-state index < -0.39 is 17.2 Å². The van der Waals surface area contributed by atoms with Gasteiger partial charge in [-0.1, -0.05) is 13.8 Å². The molecule has 1 aromatic heterocycles. The van der Waals surface area contributed by atoms with Crippen LogP contribution in [0.15, 0.2) is 12.1 Å². The summed E-state index contributed by atoms with van der Waals surface area (Å²) in [4.78, 5) is 15.7. The largest absolute Gasteiger partial charge is 0.416 e. The monoisotopic (exact) mass is 464 g/mol. The lowest BCUT2D eigenvalue weighted by atomic mass is 9.74. The first-order valence-corrected chi connectivity index (χ1v) is 11.9. The Balaban J connectivity index is 1.38. The molecule has 9 heteroatoms. The number of aromatic nitrogens is 2. The molecule has 2 aliphatic heterocycles. The number of rotatable bonds is 4. The van der Waals surface area contributed by atoms with Crippen LogP contribution in [-0.2, 0) is 28.8 Å². The van der Waals surface area contributed by atoms with Crippen molar-refractivity contribution < 1.29 is 22.7 Å². The number of carbonyl (C=O) groups excluding carboxylic acids is 1. The van der Waals surface area contributed by atoms with E-state index in [0.717, 1.165) is 56.8 Å². The van der Waals surface area contributed by atoms with Crippen LogP contribution in [0.25, 0.3) is 10.9 Å². The van der Waals surface area contributed by atoms with E-state index in [1.54, 1.807) is 4.90 Å². The fraction of sp³-hybridized carbons (Fsp3) is 0.667. The number of amides is 1. The fourth-order valence-electron chi connectivity index (χ4n) is 6.00. The normalized spacial score (nSPS) is 26.5. The molecule has 3 aliphatic rings. The summed E-state index contributed by atoms with van der Waals surface area (Å²) in [5, 5.41) is 11.4. The number of hydrogen-bond acceptors (Lipinski definition) is 4. The minimum atomic E-state index is -4.45. The highest BCUT2D eigenvalue weighted by atomic mass is 19.4. The second-order valence-electron chi connectivity index (χ2n) is 10.2. The van der Waals surface area contributed by atoms with Gasteiger partial charge in [0.15, 0.2) is 0 Å². The van der Waals surface area contributed by atoms with Crippen LogP contribution in [-0.4, -0.2) is 46.3 Å². The van der Waals surface area contributed by atoms with Crippen molar-refractivity contribution in [3.05, 3.63) is 29.0 Å². The number of nitrogens with zero attached hydrogens (tertiary/aromatic N) is 2. The zero-order chi connectivity index (χ0) is 23.4. The minimum absolute atomic E-state index is 0.0413. The zero-order valence-electron chi connectivity index (χ0n) is 19.1. The lowest BCUT2D eigenvalue weighted by Crippen LogP contribution is -2.47. The van der Waals surface area contributed by atoms with Gasteiger partial charge in [0.1, 0.15) is 0 Å². The second-order valence-corrected chi connectivity index (χ2v) is 10.2. The molecule has 6 nitrogen and oxygen atoms in total. The van der Waals surface area contributed by atoms with E-state index in [1.807, 2.05) is 0 Å². The lowest BCUT2D eigenvalue weighted by Gasteiger charge is -2.39. The third kappa shape index (κ3) is 4.03. The number of alkyl halides is 3. The first kappa shape index (κ1) is 22.7. The molecule has 1 aromatic carbocycles. The Bertz CT molecular complexity index is 1040. The van der Waals surface area contributed by atoms with Crippen molar-refractivity contribution in [2.75, 3.05) is 13.2 Å².